The molecule has 2 aliphatic rings. The molecule has 1 unspecified atom stereocenters. The Morgan fingerprint density at radius 2 is 2.00 bits per heavy atom. The molecular weight excluding hydrogens is 416 g/mol. The number of nitrogens with zero attached hydrogens (tertiary/aromatic N) is 2. The number of rotatable bonds is 2. The quantitative estimate of drug-likeness (QED) is 0.577. The molecule has 1 saturated heterocycles. The van der Waals surface area contributed by atoms with Gasteiger partial charge in [0.1, 0.15) is 10.4 Å². The van der Waals surface area contributed by atoms with Gasteiger partial charge in [-0.25, -0.2) is 4.79 Å². The lowest BCUT2D eigenvalue weighted by Crippen LogP contribution is -2.41. The zero-order valence-corrected chi connectivity index (χ0v) is 15.8. The summed E-state index contributed by atoms with van der Waals surface area (Å²) in [5.74, 6) is -2.02. The van der Waals surface area contributed by atoms with Crippen molar-refractivity contribution in [2.75, 3.05) is 11.9 Å². The number of fused-ring (bicyclic) bond motifs is 1. The number of thioether (sulfide) groups is 1. The number of carboxylic acids is 1. The van der Waals surface area contributed by atoms with Crippen LogP contribution in [-0.4, -0.2) is 45.2 Å². The summed E-state index contributed by atoms with van der Waals surface area (Å²) in [5.41, 5.74) is 1.57. The molecule has 9 heteroatoms. The summed E-state index contributed by atoms with van der Waals surface area (Å²) in [7, 11) is 1.63. The van der Waals surface area contributed by atoms with E-state index in [4.69, 9.17) is 17.3 Å². The largest absolute Gasteiger partial charge is 0.480 e. The number of carbonyl (C=O) groups excluding carboxylic acids is 2. The van der Waals surface area contributed by atoms with Gasteiger partial charge in [0.15, 0.2) is 0 Å². The van der Waals surface area contributed by atoms with E-state index in [9.17, 15) is 14.4 Å². The van der Waals surface area contributed by atoms with Gasteiger partial charge in [-0.2, -0.15) is 0 Å². The Kier molecular flexibility index (Phi) is 4.27. The summed E-state index contributed by atoms with van der Waals surface area (Å²) in [5, 5.41) is 9.16. The summed E-state index contributed by atoms with van der Waals surface area (Å²) in [4.78, 5) is 39.2. The topological polar surface area (TPSA) is 77.9 Å². The van der Waals surface area contributed by atoms with Crippen LogP contribution in [0.5, 0.6) is 0 Å². The molecule has 0 saturated carbocycles. The van der Waals surface area contributed by atoms with Gasteiger partial charge in [-0.3, -0.25) is 14.5 Å². The number of halogens is 1. The van der Waals surface area contributed by atoms with Crippen molar-refractivity contribution in [3.63, 3.8) is 0 Å². The first-order chi connectivity index (χ1) is 11.2. The fraction of sp³-hybridized carbons (Fsp3) is 0.200. The zero-order chi connectivity index (χ0) is 17.8. The van der Waals surface area contributed by atoms with Crippen LogP contribution in [0.2, 0.25) is 0 Å². The number of carboxylic acid groups (broad SMARTS) is 1. The van der Waals surface area contributed by atoms with Crippen molar-refractivity contribution in [1.82, 2.24) is 4.90 Å². The molecule has 6 nitrogen and oxygen atoms in total. The van der Waals surface area contributed by atoms with Gasteiger partial charge < -0.3 is 10.0 Å². The van der Waals surface area contributed by atoms with Crippen LogP contribution in [0.15, 0.2) is 27.6 Å². The Bertz CT molecular complexity index is 852. The first-order valence-electron chi connectivity index (χ1n) is 6.84. The lowest BCUT2D eigenvalue weighted by Gasteiger charge is -2.18. The SMILES string of the molecule is CC(C(=O)O)N1C(=O)/C(=C2/C(=O)N(C)c3ccc(Br)cc32)SC1=S. The number of amides is 2. The third-order valence-corrected chi connectivity index (χ3v) is 5.77. The zero-order valence-electron chi connectivity index (χ0n) is 12.6. The molecule has 2 heterocycles. The molecule has 0 radical (unpaired) electrons. The van der Waals surface area contributed by atoms with Gasteiger partial charge in [-0.15, -0.1) is 0 Å². The molecule has 1 N–H and O–H groups in total. The Morgan fingerprint density at radius 3 is 2.62 bits per heavy atom. The van der Waals surface area contributed by atoms with Crippen LogP contribution in [0.1, 0.15) is 12.5 Å². The van der Waals surface area contributed by atoms with E-state index >= 15 is 0 Å². The Labute approximate surface area is 155 Å². The second kappa shape index (κ2) is 5.98. The standard InChI is InChI=1S/C15H11BrN2O4S2/c1-6(14(21)22)18-13(20)11(24-15(18)23)10-8-5-7(16)3-4-9(8)17(2)12(10)19/h3-6H,1-2H3,(H,21,22)/b11-10-. The van der Waals surface area contributed by atoms with Crippen LogP contribution >= 0.6 is 39.9 Å². The first kappa shape index (κ1) is 17.1. The molecule has 3 rings (SSSR count). The molecule has 0 aromatic heterocycles. The van der Waals surface area contributed by atoms with Crippen molar-refractivity contribution >= 4 is 73.3 Å². The van der Waals surface area contributed by atoms with E-state index in [1.165, 1.54) is 11.8 Å². The fourth-order valence-corrected chi connectivity index (χ4v) is 4.44. The minimum atomic E-state index is -1.16. The molecular formula is C15H11BrN2O4S2. The highest BCUT2D eigenvalue weighted by atomic mass is 79.9. The second-order valence-electron chi connectivity index (χ2n) is 5.29. The number of aliphatic carboxylic acids is 1. The van der Waals surface area contributed by atoms with Crippen molar-refractivity contribution in [3.05, 3.63) is 33.1 Å². The van der Waals surface area contributed by atoms with Crippen molar-refractivity contribution in [1.29, 1.82) is 0 Å². The van der Waals surface area contributed by atoms with E-state index in [2.05, 4.69) is 15.9 Å². The van der Waals surface area contributed by atoms with Crippen LogP contribution in [0.25, 0.3) is 5.57 Å². The fourth-order valence-electron chi connectivity index (χ4n) is 2.59. The normalized spacial score (nSPS) is 21.5. The minimum absolute atomic E-state index is 0.135. The summed E-state index contributed by atoms with van der Waals surface area (Å²) in [6.45, 7) is 1.38. The number of anilines is 1. The summed E-state index contributed by atoms with van der Waals surface area (Å²) < 4.78 is 0.910. The number of hydrogen-bond donors (Lipinski definition) is 1. The Hall–Kier alpha value is -1.71. The van der Waals surface area contributed by atoms with Gasteiger partial charge >= 0.3 is 5.97 Å². The predicted molar refractivity (Wildman–Crippen MR) is 98.6 cm³/mol. The van der Waals surface area contributed by atoms with E-state index in [0.717, 1.165) is 21.1 Å². The number of thiocarbonyl (C=S) groups is 1. The summed E-state index contributed by atoms with van der Waals surface area (Å²) in [6, 6.07) is 4.26. The van der Waals surface area contributed by atoms with Crippen LogP contribution in [-0.2, 0) is 14.4 Å². The molecule has 2 aliphatic heterocycles. The Morgan fingerprint density at radius 1 is 1.33 bits per heavy atom. The number of carbonyl (C=O) groups is 3. The molecule has 2 amide bonds. The Balaban J connectivity index is 2.16. The maximum absolute atomic E-state index is 12.7. The maximum Gasteiger partial charge on any atom is 0.326 e. The van der Waals surface area contributed by atoms with Crippen LogP contribution in [0, 0.1) is 0 Å². The molecule has 0 aliphatic carbocycles. The second-order valence-corrected chi connectivity index (χ2v) is 7.85. The van der Waals surface area contributed by atoms with E-state index in [1.54, 1.807) is 19.2 Å². The van der Waals surface area contributed by atoms with E-state index in [1.807, 2.05) is 6.07 Å². The minimum Gasteiger partial charge on any atom is -0.480 e. The number of likely N-dealkylation sites (N-methyl/N-ethyl adjacent to an activating group) is 1. The summed E-state index contributed by atoms with van der Waals surface area (Å²) in [6.07, 6.45) is 0. The van der Waals surface area contributed by atoms with Crippen molar-refractivity contribution in [2.45, 2.75) is 13.0 Å². The van der Waals surface area contributed by atoms with Gasteiger partial charge in [-0.05, 0) is 25.1 Å². The molecule has 1 atom stereocenters. The lowest BCUT2D eigenvalue weighted by atomic mass is 10.1. The first-order valence-corrected chi connectivity index (χ1v) is 8.86. The highest BCUT2D eigenvalue weighted by Gasteiger charge is 2.43. The van der Waals surface area contributed by atoms with Crippen molar-refractivity contribution < 1.29 is 19.5 Å². The van der Waals surface area contributed by atoms with Gasteiger partial charge in [-0.1, -0.05) is 39.9 Å². The van der Waals surface area contributed by atoms with Gasteiger partial charge in [0.05, 0.1) is 16.2 Å². The molecule has 0 bridgehead atoms. The third kappa shape index (κ3) is 2.47. The molecule has 1 aromatic rings. The average molecular weight is 427 g/mol. The smallest absolute Gasteiger partial charge is 0.326 e. The molecule has 124 valence electrons. The van der Waals surface area contributed by atoms with Crippen molar-refractivity contribution in [3.8, 4) is 0 Å². The van der Waals surface area contributed by atoms with E-state index < -0.39 is 17.9 Å². The molecule has 0 spiro atoms. The molecule has 24 heavy (non-hydrogen) atoms. The molecule has 1 fully saturated rings. The average Bonchev–Trinajstić information content (AvgIpc) is 2.93. The summed E-state index contributed by atoms with van der Waals surface area (Å²) >= 11 is 9.48. The van der Waals surface area contributed by atoms with Gasteiger partial charge in [0.25, 0.3) is 11.8 Å². The van der Waals surface area contributed by atoms with Crippen molar-refractivity contribution in [2.24, 2.45) is 0 Å². The highest BCUT2D eigenvalue weighted by molar-refractivity contribution is 9.10. The number of benzene rings is 1. The predicted octanol–water partition coefficient (Wildman–Crippen LogP) is 2.47. The van der Waals surface area contributed by atoms with E-state index in [0.29, 0.717) is 11.3 Å². The highest BCUT2D eigenvalue weighted by Crippen LogP contribution is 2.45. The van der Waals surface area contributed by atoms with Crippen LogP contribution < -0.4 is 4.90 Å². The van der Waals surface area contributed by atoms with Crippen LogP contribution in [0.4, 0.5) is 5.69 Å². The number of hydrogen-bond acceptors (Lipinski definition) is 5. The van der Waals surface area contributed by atoms with E-state index in [-0.39, 0.29) is 20.7 Å². The molecule has 1 aromatic carbocycles. The maximum atomic E-state index is 12.7. The third-order valence-electron chi connectivity index (χ3n) is 3.88. The van der Waals surface area contributed by atoms with Gasteiger partial charge in [0, 0.05) is 17.1 Å². The van der Waals surface area contributed by atoms with Gasteiger partial charge in [0.2, 0.25) is 0 Å². The lowest BCUT2D eigenvalue weighted by molar-refractivity contribution is -0.144. The van der Waals surface area contributed by atoms with Crippen LogP contribution in [0.3, 0.4) is 0 Å². The monoisotopic (exact) mass is 426 g/mol.